The van der Waals surface area contributed by atoms with E-state index >= 15 is 0 Å². The average Bonchev–Trinajstić information content (AvgIpc) is 3.28. The van der Waals surface area contributed by atoms with Crippen molar-refractivity contribution in [1.82, 2.24) is 0 Å². The van der Waals surface area contributed by atoms with Crippen molar-refractivity contribution in [1.29, 1.82) is 0 Å². The largest absolute Gasteiger partial charge is 0.457 e. The fraction of sp³-hybridized carbons (Fsp3) is 0.162. The van der Waals surface area contributed by atoms with E-state index in [1.54, 1.807) is 30.3 Å². The van der Waals surface area contributed by atoms with Crippen molar-refractivity contribution in [2.75, 3.05) is 0 Å². The highest BCUT2D eigenvalue weighted by atomic mass is 19.4. The summed E-state index contributed by atoms with van der Waals surface area (Å²) in [7, 11) is 0. The lowest BCUT2D eigenvalue weighted by Crippen LogP contribution is -2.29. The predicted octanol–water partition coefficient (Wildman–Crippen LogP) is 9.97. The average molecular weight is 563 g/mol. The van der Waals surface area contributed by atoms with Gasteiger partial charge in [-0.25, -0.2) is 0 Å². The first-order chi connectivity index (χ1) is 20.0. The Morgan fingerprint density at radius 1 is 0.619 bits per heavy atom. The molecule has 0 aliphatic heterocycles. The van der Waals surface area contributed by atoms with Crippen LogP contribution in [0.4, 0.5) is 13.2 Å². The van der Waals surface area contributed by atoms with Crippen LogP contribution in [0.2, 0.25) is 0 Å². The van der Waals surface area contributed by atoms with Gasteiger partial charge in [-0.3, -0.25) is 4.79 Å². The van der Waals surface area contributed by atoms with Crippen LogP contribution in [0.15, 0.2) is 115 Å². The molecule has 6 rings (SSSR count). The van der Waals surface area contributed by atoms with Crippen LogP contribution in [-0.2, 0) is 17.0 Å². The summed E-state index contributed by atoms with van der Waals surface area (Å²) in [6.45, 7) is 6.41. The Morgan fingerprint density at radius 2 is 1.14 bits per heavy atom. The van der Waals surface area contributed by atoms with E-state index in [9.17, 15) is 18.0 Å². The third-order valence-electron chi connectivity index (χ3n) is 8.10. The standard InChI is InChI=1S/C37H29F3O2/c1-35(2,3)25-10-12-26(13-11-25)36(27-14-19-30(20-15-27)42-29-17-8-24(23-41)9-18-29)33-7-5-4-6-31(33)32-21-16-28(22-34(32)36)37(38,39)40/h4-23H,1-3H3. The summed E-state index contributed by atoms with van der Waals surface area (Å²) in [4.78, 5) is 11.0. The van der Waals surface area contributed by atoms with Gasteiger partial charge in [-0.1, -0.05) is 87.5 Å². The van der Waals surface area contributed by atoms with E-state index < -0.39 is 17.2 Å². The van der Waals surface area contributed by atoms with Gasteiger partial charge in [-0.2, -0.15) is 13.2 Å². The predicted molar refractivity (Wildman–Crippen MR) is 159 cm³/mol. The summed E-state index contributed by atoms with van der Waals surface area (Å²) in [6.07, 6.45) is -3.71. The molecule has 0 radical (unpaired) electrons. The maximum Gasteiger partial charge on any atom is 0.416 e. The maximum atomic E-state index is 14.1. The highest BCUT2D eigenvalue weighted by Crippen LogP contribution is 2.57. The first-order valence-electron chi connectivity index (χ1n) is 13.8. The van der Waals surface area contributed by atoms with Gasteiger partial charge < -0.3 is 4.74 Å². The summed E-state index contributed by atoms with van der Waals surface area (Å²) in [5.41, 5.74) is 4.90. The summed E-state index contributed by atoms with van der Waals surface area (Å²) >= 11 is 0. The zero-order chi connectivity index (χ0) is 29.7. The number of fused-ring (bicyclic) bond motifs is 3. The van der Waals surface area contributed by atoms with E-state index in [-0.39, 0.29) is 5.41 Å². The molecule has 0 saturated carbocycles. The lowest BCUT2D eigenvalue weighted by Gasteiger charge is -2.34. The number of benzene rings is 5. The second-order valence-electron chi connectivity index (χ2n) is 11.7. The Morgan fingerprint density at radius 3 is 1.71 bits per heavy atom. The van der Waals surface area contributed by atoms with Crippen molar-refractivity contribution in [2.45, 2.75) is 37.8 Å². The van der Waals surface area contributed by atoms with Gasteiger partial charge in [0.15, 0.2) is 0 Å². The summed E-state index contributed by atoms with van der Waals surface area (Å²) in [5, 5.41) is 0. The van der Waals surface area contributed by atoms with Crippen LogP contribution in [0, 0.1) is 0 Å². The Bertz CT molecular complexity index is 1760. The molecule has 0 heterocycles. The van der Waals surface area contributed by atoms with Crippen molar-refractivity contribution < 1.29 is 22.7 Å². The lowest BCUT2D eigenvalue weighted by molar-refractivity contribution is -0.137. The van der Waals surface area contributed by atoms with Crippen molar-refractivity contribution in [3.8, 4) is 22.6 Å². The maximum absolute atomic E-state index is 14.1. The molecule has 0 fully saturated rings. The zero-order valence-electron chi connectivity index (χ0n) is 23.5. The molecule has 0 N–H and O–H groups in total. The normalized spacial score (nSPS) is 16.0. The van der Waals surface area contributed by atoms with Crippen LogP contribution in [0.1, 0.15) is 64.5 Å². The van der Waals surface area contributed by atoms with E-state index in [0.29, 0.717) is 22.6 Å². The molecular formula is C37H29F3O2. The molecule has 0 amide bonds. The molecule has 1 aliphatic rings. The number of aldehydes is 1. The van der Waals surface area contributed by atoms with Crippen LogP contribution in [0.3, 0.4) is 0 Å². The van der Waals surface area contributed by atoms with Crippen molar-refractivity contribution in [2.24, 2.45) is 0 Å². The molecule has 1 atom stereocenters. The minimum absolute atomic E-state index is 0.0798. The lowest BCUT2D eigenvalue weighted by atomic mass is 9.67. The van der Waals surface area contributed by atoms with Gasteiger partial charge in [0.2, 0.25) is 0 Å². The molecule has 1 unspecified atom stereocenters. The van der Waals surface area contributed by atoms with E-state index in [1.807, 2.05) is 60.7 Å². The van der Waals surface area contributed by atoms with Gasteiger partial charge in [0.25, 0.3) is 0 Å². The molecule has 0 spiro atoms. The summed E-state index contributed by atoms with van der Waals surface area (Å²) < 4.78 is 48.3. The van der Waals surface area contributed by atoms with Crippen LogP contribution < -0.4 is 4.74 Å². The molecule has 42 heavy (non-hydrogen) atoms. The second-order valence-corrected chi connectivity index (χ2v) is 11.7. The highest BCUT2D eigenvalue weighted by Gasteiger charge is 2.47. The summed E-state index contributed by atoms with van der Waals surface area (Å²) in [5.74, 6) is 1.15. The van der Waals surface area contributed by atoms with E-state index in [4.69, 9.17) is 4.74 Å². The third-order valence-corrected chi connectivity index (χ3v) is 8.10. The van der Waals surface area contributed by atoms with Gasteiger partial charge in [0.05, 0.1) is 11.0 Å². The topological polar surface area (TPSA) is 26.3 Å². The first kappa shape index (κ1) is 27.5. The molecule has 5 heteroatoms. The summed E-state index contributed by atoms with van der Waals surface area (Å²) in [6, 6.07) is 34.5. The van der Waals surface area contributed by atoms with Crippen LogP contribution >= 0.6 is 0 Å². The van der Waals surface area contributed by atoms with E-state index in [2.05, 4.69) is 32.9 Å². The molecule has 5 aromatic carbocycles. The van der Waals surface area contributed by atoms with E-state index in [1.165, 1.54) is 12.1 Å². The van der Waals surface area contributed by atoms with Crippen LogP contribution in [0.25, 0.3) is 11.1 Å². The fourth-order valence-electron chi connectivity index (χ4n) is 5.99. The highest BCUT2D eigenvalue weighted by molar-refractivity contribution is 5.86. The smallest absolute Gasteiger partial charge is 0.416 e. The molecule has 210 valence electrons. The first-order valence-corrected chi connectivity index (χ1v) is 13.8. The number of alkyl halides is 3. The minimum Gasteiger partial charge on any atom is -0.457 e. The Balaban J connectivity index is 1.56. The zero-order valence-corrected chi connectivity index (χ0v) is 23.5. The van der Waals surface area contributed by atoms with E-state index in [0.717, 1.165) is 39.7 Å². The number of halogens is 3. The molecular weight excluding hydrogens is 533 g/mol. The van der Waals surface area contributed by atoms with Gasteiger partial charge in [-0.15, -0.1) is 0 Å². The van der Waals surface area contributed by atoms with Crippen molar-refractivity contribution >= 4 is 6.29 Å². The fourth-order valence-corrected chi connectivity index (χ4v) is 5.99. The number of carbonyl (C=O) groups excluding carboxylic acids is 1. The number of carbonyl (C=O) groups is 1. The van der Waals surface area contributed by atoms with Gasteiger partial charge in [0, 0.05) is 5.56 Å². The Kier molecular flexibility index (Phi) is 6.57. The molecule has 5 aromatic rings. The Labute approximate surface area is 243 Å². The Hall–Kier alpha value is -4.64. The van der Waals surface area contributed by atoms with Crippen LogP contribution in [-0.4, -0.2) is 6.29 Å². The van der Waals surface area contributed by atoms with Gasteiger partial charge >= 0.3 is 6.18 Å². The third kappa shape index (κ3) is 4.59. The number of hydrogen-bond acceptors (Lipinski definition) is 2. The van der Waals surface area contributed by atoms with Crippen molar-refractivity contribution in [3.63, 3.8) is 0 Å². The molecule has 0 bridgehead atoms. The minimum atomic E-state index is -4.48. The monoisotopic (exact) mass is 562 g/mol. The quantitative estimate of drug-likeness (QED) is 0.196. The second kappa shape index (κ2) is 10.0. The molecule has 0 saturated heterocycles. The number of hydrogen-bond donors (Lipinski definition) is 0. The number of rotatable bonds is 5. The van der Waals surface area contributed by atoms with Crippen LogP contribution in [0.5, 0.6) is 11.5 Å². The van der Waals surface area contributed by atoms with Gasteiger partial charge in [0.1, 0.15) is 17.8 Å². The number of ether oxygens (including phenoxy) is 1. The SMILES string of the molecule is CC(C)(C)c1ccc(C2(c3ccc(Oc4ccc(C=O)cc4)cc3)c3ccccc3-c3ccc(C(F)(F)F)cc32)cc1. The molecule has 1 aliphatic carbocycles. The molecule has 0 aromatic heterocycles. The molecule has 2 nitrogen and oxygen atoms in total. The van der Waals surface area contributed by atoms with Gasteiger partial charge in [-0.05, 0) is 92.9 Å². The van der Waals surface area contributed by atoms with Crippen molar-refractivity contribution in [3.05, 3.63) is 154 Å².